The van der Waals surface area contributed by atoms with E-state index in [4.69, 9.17) is 5.11 Å². The molecule has 0 amide bonds. The van der Waals surface area contributed by atoms with Crippen LogP contribution in [0.3, 0.4) is 0 Å². The van der Waals surface area contributed by atoms with Gasteiger partial charge in [0.25, 0.3) is 0 Å². The topological polar surface area (TPSA) is 49.2 Å². The molecule has 0 unspecified atom stereocenters. The third kappa shape index (κ3) is 4.53. The van der Waals surface area contributed by atoms with Crippen LogP contribution in [0, 0.1) is 0 Å². The van der Waals surface area contributed by atoms with Crippen molar-refractivity contribution in [3.05, 3.63) is 16.5 Å². The quantitative estimate of drug-likeness (QED) is 0.786. The van der Waals surface area contributed by atoms with Gasteiger partial charge in [0, 0.05) is 31.7 Å². The van der Waals surface area contributed by atoms with Crippen LogP contribution < -0.4 is 4.90 Å². The highest BCUT2D eigenvalue weighted by molar-refractivity contribution is 9.10. The lowest BCUT2D eigenvalue weighted by Crippen LogP contribution is -2.33. The summed E-state index contributed by atoms with van der Waals surface area (Å²) in [5.74, 6) is 1.81. The summed E-state index contributed by atoms with van der Waals surface area (Å²) in [6.45, 7) is 7.40. The van der Waals surface area contributed by atoms with Crippen LogP contribution in [0.5, 0.6) is 0 Å². The van der Waals surface area contributed by atoms with Gasteiger partial charge in [0.2, 0.25) is 0 Å². The van der Waals surface area contributed by atoms with Crippen LogP contribution in [0.25, 0.3) is 0 Å². The second-order valence-corrected chi connectivity index (χ2v) is 5.39. The molecule has 18 heavy (non-hydrogen) atoms. The molecule has 0 aliphatic carbocycles. The van der Waals surface area contributed by atoms with Gasteiger partial charge in [-0.2, -0.15) is 0 Å². The van der Waals surface area contributed by atoms with E-state index in [-0.39, 0.29) is 6.61 Å². The molecule has 1 rings (SSSR count). The van der Waals surface area contributed by atoms with Crippen LogP contribution in [0.1, 0.15) is 39.4 Å². The molecule has 1 heterocycles. The molecule has 0 fully saturated rings. The van der Waals surface area contributed by atoms with Crippen molar-refractivity contribution >= 4 is 21.7 Å². The van der Waals surface area contributed by atoms with Crippen molar-refractivity contribution in [3.8, 4) is 0 Å². The molecule has 5 heteroatoms. The highest BCUT2D eigenvalue weighted by Gasteiger charge is 2.13. The lowest BCUT2D eigenvalue weighted by atomic mass is 10.2. The minimum absolute atomic E-state index is 0.206. The van der Waals surface area contributed by atoms with Gasteiger partial charge in [-0.1, -0.05) is 6.92 Å². The number of aliphatic hydroxyl groups is 1. The maximum atomic E-state index is 8.97. The van der Waals surface area contributed by atoms with E-state index in [1.807, 2.05) is 6.07 Å². The molecule has 1 aromatic rings. The van der Waals surface area contributed by atoms with Gasteiger partial charge in [-0.3, -0.25) is 0 Å². The van der Waals surface area contributed by atoms with Gasteiger partial charge in [-0.15, -0.1) is 0 Å². The number of anilines is 1. The molecule has 0 aliphatic rings. The molecule has 0 aliphatic heterocycles. The van der Waals surface area contributed by atoms with Crippen molar-refractivity contribution in [3.63, 3.8) is 0 Å². The second-order valence-electron chi connectivity index (χ2n) is 4.58. The van der Waals surface area contributed by atoms with Gasteiger partial charge in [0.15, 0.2) is 0 Å². The minimum Gasteiger partial charge on any atom is -0.396 e. The molecular weight excluding hydrogens is 294 g/mol. The van der Waals surface area contributed by atoms with Gasteiger partial charge >= 0.3 is 0 Å². The highest BCUT2D eigenvalue weighted by atomic mass is 79.9. The molecule has 0 spiro atoms. The standard InChI is InChI=1S/C13H22BrN3O/c1-4-6-12-15-11(14)9-13(16-12)17(10(2)3)7-5-8-18/h9-10,18H,4-8H2,1-3H3. The zero-order valence-electron chi connectivity index (χ0n) is 11.4. The van der Waals surface area contributed by atoms with Crippen LogP contribution in [0.15, 0.2) is 10.7 Å². The fourth-order valence-electron chi connectivity index (χ4n) is 1.81. The lowest BCUT2D eigenvalue weighted by molar-refractivity contribution is 0.288. The average molecular weight is 316 g/mol. The average Bonchev–Trinajstić information content (AvgIpc) is 2.28. The molecule has 1 N–H and O–H groups in total. The van der Waals surface area contributed by atoms with E-state index in [1.165, 1.54) is 0 Å². The van der Waals surface area contributed by atoms with E-state index >= 15 is 0 Å². The first-order valence-corrected chi connectivity index (χ1v) is 7.28. The van der Waals surface area contributed by atoms with E-state index < -0.39 is 0 Å². The van der Waals surface area contributed by atoms with Crippen molar-refractivity contribution in [2.45, 2.75) is 46.1 Å². The van der Waals surface area contributed by atoms with Crippen molar-refractivity contribution in [2.75, 3.05) is 18.1 Å². The maximum Gasteiger partial charge on any atom is 0.133 e. The number of halogens is 1. The van der Waals surface area contributed by atoms with E-state index in [0.717, 1.165) is 42.1 Å². The van der Waals surface area contributed by atoms with Crippen LogP contribution in [0.4, 0.5) is 5.82 Å². The van der Waals surface area contributed by atoms with Crippen molar-refractivity contribution in [1.82, 2.24) is 9.97 Å². The van der Waals surface area contributed by atoms with Crippen LogP contribution >= 0.6 is 15.9 Å². The van der Waals surface area contributed by atoms with Gasteiger partial charge < -0.3 is 10.0 Å². The fraction of sp³-hybridized carbons (Fsp3) is 0.692. The lowest BCUT2D eigenvalue weighted by Gasteiger charge is -2.28. The van der Waals surface area contributed by atoms with Crippen molar-refractivity contribution in [2.24, 2.45) is 0 Å². The minimum atomic E-state index is 0.206. The molecule has 0 atom stereocenters. The third-order valence-corrected chi connectivity index (χ3v) is 3.08. The van der Waals surface area contributed by atoms with Crippen molar-refractivity contribution < 1.29 is 5.11 Å². The van der Waals surface area contributed by atoms with Crippen LogP contribution in [-0.2, 0) is 6.42 Å². The van der Waals surface area contributed by atoms with E-state index in [2.05, 4.69) is 51.6 Å². The second kappa shape index (κ2) is 7.69. The van der Waals surface area contributed by atoms with E-state index in [1.54, 1.807) is 0 Å². The first-order chi connectivity index (χ1) is 8.58. The maximum absolute atomic E-state index is 8.97. The first-order valence-electron chi connectivity index (χ1n) is 6.49. The summed E-state index contributed by atoms with van der Waals surface area (Å²) in [5.41, 5.74) is 0. The fourth-order valence-corrected chi connectivity index (χ4v) is 2.22. The monoisotopic (exact) mass is 315 g/mol. The number of hydrogen-bond donors (Lipinski definition) is 1. The number of aromatic nitrogens is 2. The largest absolute Gasteiger partial charge is 0.396 e. The Bertz CT molecular complexity index is 371. The summed E-state index contributed by atoms with van der Waals surface area (Å²) in [7, 11) is 0. The van der Waals surface area contributed by atoms with Gasteiger partial charge in [-0.05, 0) is 42.6 Å². The van der Waals surface area contributed by atoms with Crippen LogP contribution in [-0.4, -0.2) is 34.3 Å². The SMILES string of the molecule is CCCc1nc(Br)cc(N(CCCO)C(C)C)n1. The molecule has 0 bridgehead atoms. The van der Waals surface area contributed by atoms with Crippen LogP contribution in [0.2, 0.25) is 0 Å². The molecule has 102 valence electrons. The Kier molecular flexibility index (Phi) is 6.57. The third-order valence-electron chi connectivity index (χ3n) is 2.68. The number of aliphatic hydroxyl groups excluding tert-OH is 1. The molecule has 0 saturated heterocycles. The molecule has 0 radical (unpaired) electrons. The zero-order chi connectivity index (χ0) is 13.5. The Morgan fingerprint density at radius 3 is 2.67 bits per heavy atom. The summed E-state index contributed by atoms with van der Waals surface area (Å²) < 4.78 is 0.825. The van der Waals surface area contributed by atoms with E-state index in [0.29, 0.717) is 6.04 Å². The Morgan fingerprint density at radius 1 is 1.39 bits per heavy atom. The van der Waals surface area contributed by atoms with Gasteiger partial charge in [0.05, 0.1) is 0 Å². The number of rotatable bonds is 7. The summed E-state index contributed by atoms with van der Waals surface area (Å²) in [5, 5.41) is 8.97. The Hall–Kier alpha value is -0.680. The Morgan fingerprint density at radius 2 is 2.11 bits per heavy atom. The normalized spacial score (nSPS) is 11.0. The predicted octanol–water partition coefficient (Wildman–Crippen LogP) is 2.79. The van der Waals surface area contributed by atoms with E-state index in [9.17, 15) is 0 Å². The smallest absolute Gasteiger partial charge is 0.133 e. The molecular formula is C13H22BrN3O. The predicted molar refractivity (Wildman–Crippen MR) is 77.9 cm³/mol. The molecule has 4 nitrogen and oxygen atoms in total. The zero-order valence-corrected chi connectivity index (χ0v) is 12.9. The molecule has 0 aromatic carbocycles. The first kappa shape index (κ1) is 15.4. The molecule has 0 saturated carbocycles. The van der Waals surface area contributed by atoms with Gasteiger partial charge in [-0.25, -0.2) is 9.97 Å². The summed E-state index contributed by atoms with van der Waals surface area (Å²) in [6, 6.07) is 2.30. The Labute approximate surface area is 118 Å². The summed E-state index contributed by atoms with van der Waals surface area (Å²) in [6.07, 6.45) is 2.68. The highest BCUT2D eigenvalue weighted by Crippen LogP contribution is 2.19. The number of hydrogen-bond acceptors (Lipinski definition) is 4. The Balaban J connectivity index is 2.95. The van der Waals surface area contributed by atoms with Crippen molar-refractivity contribution in [1.29, 1.82) is 0 Å². The number of aryl methyl sites for hydroxylation is 1. The number of nitrogens with zero attached hydrogens (tertiary/aromatic N) is 3. The molecule has 1 aromatic heterocycles. The van der Waals surface area contributed by atoms with Gasteiger partial charge in [0.1, 0.15) is 16.2 Å². The summed E-state index contributed by atoms with van der Waals surface area (Å²) in [4.78, 5) is 11.2. The summed E-state index contributed by atoms with van der Waals surface area (Å²) >= 11 is 3.44.